The molecule has 0 saturated heterocycles. The third-order valence-corrected chi connectivity index (χ3v) is 7.88. The standard InChI is InChI=1S/C35H28Cl2F3N3O5/c1-47-31-16-25(11-14-29(31)42-34(46)48-20-35(38,39)40)23-7-2-21(3-8-23)6-15-32-41-30(27-13-12-26(36)17-28(27)37)19-43(32)18-22-4-9-24(10-5-22)33(44)45/h2-11,13-17,19,26H,12,18,20H2,1H3,(H,42,46)(H,44,45)/b15-6+. The summed E-state index contributed by atoms with van der Waals surface area (Å²) < 4.78 is 48.6. The first-order chi connectivity index (χ1) is 22.9. The quantitative estimate of drug-likeness (QED) is 0.160. The van der Waals surface area contributed by atoms with E-state index in [-0.39, 0.29) is 22.4 Å². The second kappa shape index (κ2) is 14.8. The summed E-state index contributed by atoms with van der Waals surface area (Å²) in [5, 5.41) is 11.8. The largest absolute Gasteiger partial charge is 0.495 e. The Morgan fingerprint density at radius 1 is 1.06 bits per heavy atom. The van der Waals surface area contributed by atoms with Crippen molar-refractivity contribution in [1.29, 1.82) is 0 Å². The maximum atomic E-state index is 12.4. The summed E-state index contributed by atoms with van der Waals surface area (Å²) in [4.78, 5) is 27.9. The predicted molar refractivity (Wildman–Crippen MR) is 179 cm³/mol. The number of rotatable bonds is 10. The van der Waals surface area contributed by atoms with Gasteiger partial charge in [-0.2, -0.15) is 13.2 Å². The van der Waals surface area contributed by atoms with Gasteiger partial charge in [0.25, 0.3) is 0 Å². The monoisotopic (exact) mass is 697 g/mol. The van der Waals surface area contributed by atoms with Gasteiger partial charge in [0.1, 0.15) is 11.6 Å². The smallest absolute Gasteiger partial charge is 0.422 e. The van der Waals surface area contributed by atoms with E-state index in [1.54, 1.807) is 42.5 Å². The first-order valence-electron chi connectivity index (χ1n) is 14.5. The number of carbonyl (C=O) groups is 2. The van der Waals surface area contributed by atoms with Crippen molar-refractivity contribution in [2.75, 3.05) is 19.0 Å². The highest BCUT2D eigenvalue weighted by Crippen LogP contribution is 2.33. The molecule has 1 unspecified atom stereocenters. The molecule has 0 spiro atoms. The van der Waals surface area contributed by atoms with Crippen LogP contribution in [0.15, 0.2) is 90.1 Å². The summed E-state index contributed by atoms with van der Waals surface area (Å²) in [6.45, 7) is -1.27. The van der Waals surface area contributed by atoms with Gasteiger partial charge in [0.15, 0.2) is 6.61 Å². The van der Waals surface area contributed by atoms with Crippen LogP contribution in [0.5, 0.6) is 5.75 Å². The van der Waals surface area contributed by atoms with Crippen LogP contribution >= 0.6 is 23.2 Å². The Labute approximate surface area is 283 Å². The zero-order valence-electron chi connectivity index (χ0n) is 25.3. The number of ether oxygens (including phenoxy) is 2. The molecule has 0 fully saturated rings. The second-order valence-electron chi connectivity index (χ2n) is 10.7. The number of benzene rings is 3. The molecule has 1 aliphatic rings. The topological polar surface area (TPSA) is 103 Å². The van der Waals surface area contributed by atoms with Crippen LogP contribution in [0.3, 0.4) is 0 Å². The van der Waals surface area contributed by atoms with Crippen LogP contribution in [0, 0.1) is 0 Å². The number of halogens is 5. The van der Waals surface area contributed by atoms with Crippen molar-refractivity contribution in [3.05, 3.63) is 118 Å². The number of carboxylic acid groups (broad SMARTS) is 1. The van der Waals surface area contributed by atoms with E-state index < -0.39 is 24.8 Å². The Morgan fingerprint density at radius 2 is 1.77 bits per heavy atom. The van der Waals surface area contributed by atoms with Gasteiger partial charge in [-0.05, 0) is 65.1 Å². The number of allylic oxidation sites excluding steroid dienone is 4. The number of hydrogen-bond donors (Lipinski definition) is 2. The number of nitrogens with one attached hydrogen (secondary N) is 1. The molecule has 1 aliphatic carbocycles. The maximum absolute atomic E-state index is 12.4. The Bertz CT molecular complexity index is 1900. The van der Waals surface area contributed by atoms with Gasteiger partial charge in [0, 0.05) is 23.3 Å². The minimum absolute atomic E-state index is 0.156. The Kier molecular flexibility index (Phi) is 10.6. The van der Waals surface area contributed by atoms with E-state index in [9.17, 15) is 27.9 Å². The van der Waals surface area contributed by atoms with Crippen LogP contribution in [0.2, 0.25) is 0 Å². The molecule has 0 radical (unpaired) electrons. The fraction of sp³-hybridized carbons (Fsp3) is 0.171. The van der Waals surface area contributed by atoms with Gasteiger partial charge in [-0.1, -0.05) is 66.2 Å². The first kappa shape index (κ1) is 34.3. The zero-order chi connectivity index (χ0) is 34.4. The number of carboxylic acids is 1. The summed E-state index contributed by atoms with van der Waals surface area (Å²) in [6.07, 6.45) is 4.14. The first-order valence-corrected chi connectivity index (χ1v) is 15.3. The minimum Gasteiger partial charge on any atom is -0.495 e. The van der Waals surface area contributed by atoms with Crippen LogP contribution in [0.25, 0.3) is 28.9 Å². The van der Waals surface area contributed by atoms with Gasteiger partial charge >= 0.3 is 18.2 Å². The van der Waals surface area contributed by atoms with Gasteiger partial charge in [-0.15, -0.1) is 11.6 Å². The van der Waals surface area contributed by atoms with Crippen molar-refractivity contribution in [3.8, 4) is 16.9 Å². The summed E-state index contributed by atoms with van der Waals surface area (Å²) in [5.74, 6) is -0.107. The van der Waals surface area contributed by atoms with Crippen molar-refractivity contribution in [1.82, 2.24) is 9.55 Å². The van der Waals surface area contributed by atoms with E-state index in [0.717, 1.165) is 27.8 Å². The molecule has 2 N–H and O–H groups in total. The molecule has 1 atom stereocenters. The average Bonchev–Trinajstić information content (AvgIpc) is 3.45. The van der Waals surface area contributed by atoms with Gasteiger partial charge in [-0.25, -0.2) is 14.6 Å². The zero-order valence-corrected chi connectivity index (χ0v) is 26.8. The number of amides is 1. The normalized spacial score (nSPS) is 14.8. The molecule has 248 valence electrons. The van der Waals surface area contributed by atoms with E-state index in [4.69, 9.17) is 32.9 Å². The van der Waals surface area contributed by atoms with Crippen molar-refractivity contribution in [2.24, 2.45) is 0 Å². The molecule has 3 aromatic carbocycles. The Balaban J connectivity index is 1.35. The van der Waals surface area contributed by atoms with Gasteiger partial charge in [0.05, 0.1) is 29.4 Å². The lowest BCUT2D eigenvalue weighted by Crippen LogP contribution is -2.23. The van der Waals surface area contributed by atoms with E-state index in [2.05, 4.69) is 10.1 Å². The highest BCUT2D eigenvalue weighted by molar-refractivity contribution is 6.38. The third-order valence-electron chi connectivity index (χ3n) is 7.24. The summed E-state index contributed by atoms with van der Waals surface area (Å²) in [6, 6.07) is 19.1. The van der Waals surface area contributed by atoms with E-state index in [1.165, 1.54) is 13.2 Å². The van der Waals surface area contributed by atoms with E-state index >= 15 is 0 Å². The van der Waals surface area contributed by atoms with Crippen LogP contribution in [0.1, 0.15) is 39.4 Å². The lowest BCUT2D eigenvalue weighted by molar-refractivity contribution is -0.159. The molecule has 4 aromatic rings. The summed E-state index contributed by atoms with van der Waals surface area (Å²) in [7, 11) is 1.38. The van der Waals surface area contributed by atoms with Crippen LogP contribution < -0.4 is 10.1 Å². The lowest BCUT2D eigenvalue weighted by Gasteiger charge is -2.13. The number of methoxy groups -OCH3 is 1. The fourth-order valence-corrected chi connectivity index (χ4v) is 5.47. The molecule has 13 heteroatoms. The minimum atomic E-state index is -4.64. The number of alkyl halides is 4. The molecule has 1 amide bonds. The number of aromatic carboxylic acids is 1. The number of hydrogen-bond acceptors (Lipinski definition) is 5. The average molecular weight is 699 g/mol. The highest BCUT2D eigenvalue weighted by atomic mass is 35.5. The SMILES string of the molecule is COc1cc(-c2ccc(/C=C/c3nc(C4=CCC(Cl)C=C4Cl)cn3Cc3ccc(C(=O)O)cc3)cc2)ccc1NC(=O)OCC(F)(F)F. The van der Waals surface area contributed by atoms with E-state index in [0.29, 0.717) is 29.5 Å². The molecular formula is C35H28Cl2F3N3O5. The van der Waals surface area contributed by atoms with Gasteiger partial charge in [-0.3, -0.25) is 5.32 Å². The fourth-order valence-electron chi connectivity index (χ4n) is 4.87. The third kappa shape index (κ3) is 8.87. The van der Waals surface area contributed by atoms with Crippen molar-refractivity contribution in [2.45, 2.75) is 24.5 Å². The van der Waals surface area contributed by atoms with E-state index in [1.807, 2.05) is 53.3 Å². The number of nitrogens with zero attached hydrogens (tertiary/aromatic N) is 2. The Hall–Kier alpha value is -5.00. The van der Waals surface area contributed by atoms with Gasteiger partial charge in [0.2, 0.25) is 0 Å². The molecule has 48 heavy (non-hydrogen) atoms. The maximum Gasteiger partial charge on any atom is 0.422 e. The molecule has 8 nitrogen and oxygen atoms in total. The van der Waals surface area contributed by atoms with Crippen LogP contribution in [-0.4, -0.2) is 52.0 Å². The Morgan fingerprint density at radius 3 is 2.42 bits per heavy atom. The lowest BCUT2D eigenvalue weighted by atomic mass is 10.0. The van der Waals surface area contributed by atoms with Crippen molar-refractivity contribution >= 4 is 58.7 Å². The molecule has 1 aromatic heterocycles. The number of aromatic nitrogens is 2. The molecule has 0 aliphatic heterocycles. The van der Waals surface area contributed by atoms with Crippen LogP contribution in [-0.2, 0) is 11.3 Å². The highest BCUT2D eigenvalue weighted by Gasteiger charge is 2.29. The predicted octanol–water partition coefficient (Wildman–Crippen LogP) is 9.10. The van der Waals surface area contributed by atoms with Crippen molar-refractivity contribution in [3.63, 3.8) is 0 Å². The molecular weight excluding hydrogens is 670 g/mol. The number of anilines is 1. The number of carbonyl (C=O) groups excluding carboxylic acids is 1. The van der Waals surface area contributed by atoms with Crippen molar-refractivity contribution < 1.29 is 37.3 Å². The summed E-state index contributed by atoms with van der Waals surface area (Å²) >= 11 is 12.7. The van der Waals surface area contributed by atoms with Crippen LogP contribution in [0.4, 0.5) is 23.7 Å². The molecule has 1 heterocycles. The summed E-state index contributed by atoms with van der Waals surface area (Å²) in [5.41, 5.74) is 5.15. The molecule has 0 bridgehead atoms. The van der Waals surface area contributed by atoms with Gasteiger partial charge < -0.3 is 19.1 Å². The second-order valence-corrected chi connectivity index (χ2v) is 11.7. The number of imidazole rings is 1. The molecule has 0 saturated carbocycles. The molecule has 5 rings (SSSR count).